The van der Waals surface area contributed by atoms with Crippen LogP contribution >= 0.6 is 0 Å². The summed E-state index contributed by atoms with van der Waals surface area (Å²) >= 11 is 0. The van der Waals surface area contributed by atoms with Crippen LogP contribution in [0.3, 0.4) is 0 Å². The van der Waals surface area contributed by atoms with Crippen molar-refractivity contribution in [3.8, 4) is 0 Å². The fourth-order valence-corrected chi connectivity index (χ4v) is 4.92. The Morgan fingerprint density at radius 2 is 0.792 bits per heavy atom. The summed E-state index contributed by atoms with van der Waals surface area (Å²) in [5.74, 6) is -5.76. The van der Waals surface area contributed by atoms with Gasteiger partial charge in [0, 0.05) is 48.5 Å². The van der Waals surface area contributed by atoms with E-state index in [0.717, 1.165) is 48.5 Å². The van der Waals surface area contributed by atoms with Crippen molar-refractivity contribution >= 4 is 41.8 Å². The predicted octanol–water partition coefficient (Wildman–Crippen LogP) is 0.421. The lowest BCUT2D eigenvalue weighted by Gasteiger charge is -2.49. The topological polar surface area (TPSA) is 221 Å². The molecule has 0 amide bonds. The molecule has 0 aromatic carbocycles. The normalized spacial score (nSPS) is 30.2. The van der Waals surface area contributed by atoms with E-state index in [0.29, 0.717) is 0 Å². The van der Waals surface area contributed by atoms with Crippen LogP contribution in [0.4, 0.5) is 0 Å². The fourth-order valence-electron chi connectivity index (χ4n) is 4.92. The van der Waals surface area contributed by atoms with Crippen molar-refractivity contribution in [1.82, 2.24) is 0 Å². The minimum absolute atomic E-state index is 0.514. The number of carbonyl (C=O) groups is 7. The molecule has 0 radical (unpaired) electrons. The summed E-state index contributed by atoms with van der Waals surface area (Å²) in [6, 6.07) is 0. The SMILES string of the molecule is CC(=O)OC[C@H]1O[C@@H](O[C@H]2[C@H](OC(C)=O)[C@@H](OC(C)=O)[C@H](OC(C)(C)C)O[C@@H]2COC(C)=O)[C@H](OC(C)=O)[C@@H](OC(C)=O)[C@H]1OC(C)=O. The number of esters is 7. The number of carbonyl (C=O) groups excluding carboxylic acids is 7. The van der Waals surface area contributed by atoms with Crippen molar-refractivity contribution in [2.24, 2.45) is 0 Å². The highest BCUT2D eigenvalue weighted by Crippen LogP contribution is 2.36. The first kappa shape index (κ1) is 40.3. The Balaban J connectivity index is 2.75. The van der Waals surface area contributed by atoms with Crippen molar-refractivity contribution in [1.29, 1.82) is 0 Å². The van der Waals surface area contributed by atoms with E-state index >= 15 is 0 Å². The van der Waals surface area contributed by atoms with Crippen LogP contribution in [0.15, 0.2) is 0 Å². The van der Waals surface area contributed by atoms with E-state index in [2.05, 4.69) is 0 Å². The van der Waals surface area contributed by atoms with Gasteiger partial charge in [-0.05, 0) is 20.8 Å². The molecule has 2 aliphatic heterocycles. The Morgan fingerprint density at radius 1 is 0.458 bits per heavy atom. The highest BCUT2D eigenvalue weighted by Gasteiger charge is 2.58. The van der Waals surface area contributed by atoms with Gasteiger partial charge in [-0.3, -0.25) is 33.6 Å². The fraction of sp³-hybridized carbons (Fsp3) is 0.767. The number of ether oxygens (including phenoxy) is 11. The van der Waals surface area contributed by atoms with Gasteiger partial charge in [0.25, 0.3) is 0 Å². The number of hydrogen-bond acceptors (Lipinski definition) is 18. The lowest BCUT2D eigenvalue weighted by molar-refractivity contribution is -0.367. The second kappa shape index (κ2) is 17.5. The molecule has 2 heterocycles. The van der Waals surface area contributed by atoms with E-state index in [4.69, 9.17) is 52.1 Å². The van der Waals surface area contributed by atoms with Gasteiger partial charge in [0.05, 0.1) is 5.60 Å². The molecule has 48 heavy (non-hydrogen) atoms. The van der Waals surface area contributed by atoms with E-state index in [1.54, 1.807) is 20.8 Å². The molecule has 0 unspecified atom stereocenters. The summed E-state index contributed by atoms with van der Waals surface area (Å²) in [5.41, 5.74) is -0.899. The molecule has 0 aliphatic carbocycles. The second-order valence-corrected chi connectivity index (χ2v) is 11.9. The van der Waals surface area contributed by atoms with Gasteiger partial charge in [-0.1, -0.05) is 0 Å². The van der Waals surface area contributed by atoms with Crippen LogP contribution in [-0.2, 0) is 85.7 Å². The largest absolute Gasteiger partial charge is 0.463 e. The summed E-state index contributed by atoms with van der Waals surface area (Å²) in [4.78, 5) is 85.0. The molecular formula is C30H44O18. The Kier molecular flexibility index (Phi) is 14.7. The van der Waals surface area contributed by atoms with Gasteiger partial charge in [0.2, 0.25) is 0 Å². The molecule has 18 heteroatoms. The highest BCUT2D eigenvalue weighted by molar-refractivity contribution is 5.69. The Labute approximate surface area is 277 Å². The Morgan fingerprint density at radius 3 is 1.19 bits per heavy atom. The third kappa shape index (κ3) is 12.6. The van der Waals surface area contributed by atoms with E-state index in [1.165, 1.54) is 0 Å². The molecule has 2 saturated heterocycles. The molecular weight excluding hydrogens is 648 g/mol. The zero-order valence-electron chi connectivity index (χ0n) is 28.5. The lowest BCUT2D eigenvalue weighted by atomic mass is 9.95. The first-order chi connectivity index (χ1) is 22.2. The summed E-state index contributed by atoms with van der Waals surface area (Å²) in [6.45, 7) is 11.5. The van der Waals surface area contributed by atoms with Gasteiger partial charge in [0.1, 0.15) is 31.5 Å². The van der Waals surface area contributed by atoms with Gasteiger partial charge in [-0.2, -0.15) is 0 Å². The van der Waals surface area contributed by atoms with Crippen molar-refractivity contribution in [2.75, 3.05) is 13.2 Å². The standard InChI is InChI=1S/C30H44O18/c1-13(31)38-11-20-22(40-15(3)33)24(41-16(4)34)26(43-18(6)36)28(45-20)47-23-21(12-39-14(2)32)46-29(48-30(8,9)10)27(44-19(7)37)25(23)42-17(5)35/h20-29H,11-12H2,1-10H3/t20-,21-,22+,23-,24+,25+,26-,27-,28+,29+/m1/s1. The minimum atomic E-state index is -1.77. The van der Waals surface area contributed by atoms with E-state index in [1.807, 2.05) is 0 Å². The molecule has 10 atom stereocenters. The maximum absolute atomic E-state index is 12.4. The summed E-state index contributed by atoms with van der Waals surface area (Å²) in [5, 5.41) is 0. The quantitative estimate of drug-likeness (QED) is 0.200. The lowest BCUT2D eigenvalue weighted by Crippen LogP contribution is -2.67. The second-order valence-electron chi connectivity index (χ2n) is 11.9. The van der Waals surface area contributed by atoms with Gasteiger partial charge >= 0.3 is 41.8 Å². The van der Waals surface area contributed by atoms with Crippen LogP contribution in [0.25, 0.3) is 0 Å². The molecule has 2 fully saturated rings. The molecule has 0 spiro atoms. The molecule has 2 aliphatic rings. The smallest absolute Gasteiger partial charge is 0.303 e. The van der Waals surface area contributed by atoms with E-state index in [-0.39, 0.29) is 0 Å². The van der Waals surface area contributed by atoms with E-state index < -0.39 is 122 Å². The van der Waals surface area contributed by atoms with Crippen molar-refractivity contribution in [2.45, 2.75) is 136 Å². The van der Waals surface area contributed by atoms with Crippen molar-refractivity contribution in [3.05, 3.63) is 0 Å². The molecule has 18 nitrogen and oxygen atoms in total. The van der Waals surface area contributed by atoms with Crippen LogP contribution in [0.2, 0.25) is 0 Å². The zero-order chi connectivity index (χ0) is 36.5. The molecule has 0 bridgehead atoms. The first-order valence-electron chi connectivity index (χ1n) is 15.0. The minimum Gasteiger partial charge on any atom is -0.463 e. The van der Waals surface area contributed by atoms with E-state index in [9.17, 15) is 33.6 Å². The van der Waals surface area contributed by atoms with Gasteiger partial charge < -0.3 is 52.1 Å². The van der Waals surface area contributed by atoms with Crippen molar-refractivity contribution in [3.63, 3.8) is 0 Å². The van der Waals surface area contributed by atoms with Gasteiger partial charge in [0.15, 0.2) is 43.1 Å². The van der Waals surface area contributed by atoms with Crippen LogP contribution < -0.4 is 0 Å². The summed E-state index contributed by atoms with van der Waals surface area (Å²) < 4.78 is 62.1. The number of hydrogen-bond donors (Lipinski definition) is 0. The summed E-state index contributed by atoms with van der Waals surface area (Å²) in [6.07, 6.45) is -15.2. The van der Waals surface area contributed by atoms with Crippen LogP contribution in [0, 0.1) is 0 Å². The Bertz CT molecular complexity index is 1190. The first-order valence-corrected chi connectivity index (χ1v) is 15.0. The maximum Gasteiger partial charge on any atom is 0.303 e. The molecule has 0 N–H and O–H groups in total. The molecule has 2 rings (SSSR count). The third-order valence-corrected chi connectivity index (χ3v) is 6.36. The highest BCUT2D eigenvalue weighted by atomic mass is 16.8. The summed E-state index contributed by atoms with van der Waals surface area (Å²) in [7, 11) is 0. The average Bonchev–Trinajstić information content (AvgIpc) is 2.90. The average molecular weight is 693 g/mol. The van der Waals surface area contributed by atoms with Crippen LogP contribution in [0.1, 0.15) is 69.2 Å². The monoisotopic (exact) mass is 692 g/mol. The predicted molar refractivity (Wildman–Crippen MR) is 154 cm³/mol. The maximum atomic E-state index is 12.4. The Hall–Kier alpha value is -3.87. The van der Waals surface area contributed by atoms with Crippen LogP contribution in [0.5, 0.6) is 0 Å². The van der Waals surface area contributed by atoms with Crippen molar-refractivity contribution < 1.29 is 85.7 Å². The molecule has 272 valence electrons. The molecule has 0 saturated carbocycles. The zero-order valence-corrected chi connectivity index (χ0v) is 28.5. The van der Waals surface area contributed by atoms with Crippen LogP contribution in [-0.4, -0.2) is 122 Å². The number of rotatable bonds is 12. The van der Waals surface area contributed by atoms with Gasteiger partial charge in [-0.15, -0.1) is 0 Å². The molecule has 0 aromatic rings. The third-order valence-electron chi connectivity index (χ3n) is 6.36. The molecule has 0 aromatic heterocycles. The van der Waals surface area contributed by atoms with Gasteiger partial charge in [-0.25, -0.2) is 0 Å².